The van der Waals surface area contributed by atoms with Crippen LogP contribution in [-0.2, 0) is 4.79 Å². The van der Waals surface area contributed by atoms with Gasteiger partial charge in [-0.05, 0) is 26.0 Å². The summed E-state index contributed by atoms with van der Waals surface area (Å²) in [6, 6.07) is 3.26. The largest absolute Gasteiger partial charge is 0.391 e. The van der Waals surface area contributed by atoms with Gasteiger partial charge in [-0.2, -0.15) is 4.98 Å². The molecule has 2 aromatic heterocycles. The Bertz CT molecular complexity index is 686. The lowest BCUT2D eigenvalue weighted by Gasteiger charge is -2.24. The molecular weight excluding hydrogens is 326 g/mol. The zero-order valence-electron chi connectivity index (χ0n) is 12.2. The molecule has 0 aromatic carbocycles. The molecule has 2 aromatic rings. The van der Waals surface area contributed by atoms with E-state index in [2.05, 4.69) is 10.1 Å². The van der Waals surface area contributed by atoms with Crippen LogP contribution in [0.4, 0.5) is 0 Å². The van der Waals surface area contributed by atoms with E-state index in [1.165, 1.54) is 11.3 Å². The molecule has 1 fully saturated rings. The van der Waals surface area contributed by atoms with Crippen LogP contribution in [0.25, 0.3) is 0 Å². The van der Waals surface area contributed by atoms with Crippen LogP contribution < -0.4 is 0 Å². The van der Waals surface area contributed by atoms with Gasteiger partial charge in [0.15, 0.2) is 5.82 Å². The molecule has 3 atom stereocenters. The minimum Gasteiger partial charge on any atom is -0.391 e. The average Bonchev–Trinajstić information content (AvgIpc) is 3.17. The maximum absolute atomic E-state index is 12.8. The van der Waals surface area contributed by atoms with Crippen molar-refractivity contribution >= 4 is 28.8 Å². The van der Waals surface area contributed by atoms with Crippen LogP contribution >= 0.6 is 22.9 Å². The Hall–Kier alpha value is -1.44. The number of aliphatic hydroxyl groups excluding tert-OH is 1. The summed E-state index contributed by atoms with van der Waals surface area (Å²) in [5.41, 5.74) is 0. The van der Waals surface area contributed by atoms with Gasteiger partial charge >= 0.3 is 0 Å². The second-order valence-corrected chi connectivity index (χ2v) is 7.19. The van der Waals surface area contributed by atoms with Gasteiger partial charge in [0.1, 0.15) is 6.04 Å². The molecule has 0 bridgehead atoms. The molecule has 6 nitrogen and oxygen atoms in total. The van der Waals surface area contributed by atoms with Crippen LogP contribution in [0.3, 0.4) is 0 Å². The number of aromatic nitrogens is 2. The third kappa shape index (κ3) is 2.88. The van der Waals surface area contributed by atoms with E-state index in [0.717, 1.165) is 4.88 Å². The molecular formula is C14H16ClN3O3S. The zero-order valence-corrected chi connectivity index (χ0v) is 13.8. The quantitative estimate of drug-likeness (QED) is 0.928. The molecule has 3 heterocycles. The lowest BCUT2D eigenvalue weighted by Crippen LogP contribution is -2.34. The number of β-amino-alcohol motifs (C(OH)–C–C–N with tert-alkyl or cyclic N) is 1. The van der Waals surface area contributed by atoms with Gasteiger partial charge in [-0.25, -0.2) is 0 Å². The highest BCUT2D eigenvalue weighted by Gasteiger charge is 2.40. The van der Waals surface area contributed by atoms with Crippen molar-refractivity contribution in [2.24, 2.45) is 0 Å². The van der Waals surface area contributed by atoms with Gasteiger partial charge in [0.2, 0.25) is 11.8 Å². The fraction of sp³-hybridized carbons (Fsp3) is 0.500. The van der Waals surface area contributed by atoms with Crippen molar-refractivity contribution in [2.45, 2.75) is 38.3 Å². The number of carbonyl (C=O) groups is 1. The van der Waals surface area contributed by atoms with Crippen molar-refractivity contribution in [1.82, 2.24) is 15.0 Å². The number of amides is 1. The topological polar surface area (TPSA) is 79.5 Å². The summed E-state index contributed by atoms with van der Waals surface area (Å²) >= 11 is 7.33. The number of aryl methyl sites for hydroxylation is 1. The maximum Gasteiger partial charge on any atom is 0.249 e. The first-order valence-electron chi connectivity index (χ1n) is 6.99. The third-order valence-electron chi connectivity index (χ3n) is 3.78. The zero-order chi connectivity index (χ0) is 15.9. The first-order chi connectivity index (χ1) is 10.5. The number of hydrogen-bond donors (Lipinski definition) is 1. The molecule has 1 N–H and O–H groups in total. The summed E-state index contributed by atoms with van der Waals surface area (Å²) in [6.45, 7) is 3.83. The SMILES string of the molecule is Cc1noc([C@H]2C[C@H](O)CN2C(=O)[C@H](C)c2ccc(Cl)s2)n1. The predicted molar refractivity (Wildman–Crippen MR) is 81.9 cm³/mol. The Morgan fingerprint density at radius 2 is 2.36 bits per heavy atom. The molecule has 0 spiro atoms. The Kier molecular flexibility index (Phi) is 4.20. The monoisotopic (exact) mass is 341 g/mol. The van der Waals surface area contributed by atoms with E-state index >= 15 is 0 Å². The highest BCUT2D eigenvalue weighted by atomic mass is 35.5. The summed E-state index contributed by atoms with van der Waals surface area (Å²) < 4.78 is 5.83. The summed E-state index contributed by atoms with van der Waals surface area (Å²) in [5.74, 6) is 0.492. The van der Waals surface area contributed by atoms with E-state index < -0.39 is 6.10 Å². The first kappa shape index (κ1) is 15.5. The number of carbonyl (C=O) groups excluding carboxylic acids is 1. The van der Waals surface area contributed by atoms with Crippen LogP contribution in [0, 0.1) is 6.92 Å². The fourth-order valence-corrected chi connectivity index (χ4v) is 3.78. The second-order valence-electron chi connectivity index (χ2n) is 5.44. The molecule has 8 heteroatoms. The fourth-order valence-electron chi connectivity index (χ4n) is 2.67. The van der Waals surface area contributed by atoms with E-state index in [4.69, 9.17) is 16.1 Å². The van der Waals surface area contributed by atoms with Gasteiger partial charge in [0.25, 0.3) is 0 Å². The molecule has 0 saturated carbocycles. The Morgan fingerprint density at radius 1 is 1.59 bits per heavy atom. The van der Waals surface area contributed by atoms with Gasteiger partial charge in [0, 0.05) is 17.8 Å². The van der Waals surface area contributed by atoms with Crippen LogP contribution in [0.1, 0.15) is 41.9 Å². The molecule has 1 amide bonds. The van der Waals surface area contributed by atoms with Crippen molar-refractivity contribution in [3.8, 4) is 0 Å². The Labute approximate surface area is 136 Å². The van der Waals surface area contributed by atoms with E-state index in [1.54, 1.807) is 17.9 Å². The third-order valence-corrected chi connectivity index (χ3v) is 5.20. The summed E-state index contributed by atoms with van der Waals surface area (Å²) in [6.07, 6.45) is -0.175. The summed E-state index contributed by atoms with van der Waals surface area (Å²) in [5, 5.41) is 13.7. The van der Waals surface area contributed by atoms with Gasteiger partial charge in [-0.3, -0.25) is 4.79 Å². The van der Waals surface area contributed by atoms with E-state index in [0.29, 0.717) is 22.5 Å². The lowest BCUT2D eigenvalue weighted by atomic mass is 10.1. The van der Waals surface area contributed by atoms with Crippen LogP contribution in [0.5, 0.6) is 0 Å². The molecule has 1 aliphatic heterocycles. The minimum atomic E-state index is -0.583. The van der Waals surface area contributed by atoms with E-state index in [1.807, 2.05) is 13.0 Å². The molecule has 1 saturated heterocycles. The number of nitrogens with zero attached hydrogens (tertiary/aromatic N) is 3. The predicted octanol–water partition coefficient (Wildman–Crippen LogP) is 2.53. The molecule has 3 rings (SSSR count). The molecule has 0 radical (unpaired) electrons. The van der Waals surface area contributed by atoms with Gasteiger partial charge in [0.05, 0.1) is 16.4 Å². The van der Waals surface area contributed by atoms with E-state index in [-0.39, 0.29) is 24.4 Å². The Morgan fingerprint density at radius 3 is 2.95 bits per heavy atom. The average molecular weight is 342 g/mol. The highest BCUT2D eigenvalue weighted by molar-refractivity contribution is 7.16. The highest BCUT2D eigenvalue weighted by Crippen LogP contribution is 2.36. The van der Waals surface area contributed by atoms with Crippen LogP contribution in [0.2, 0.25) is 4.34 Å². The van der Waals surface area contributed by atoms with E-state index in [9.17, 15) is 9.90 Å². The second kappa shape index (κ2) is 5.98. The molecule has 0 unspecified atom stereocenters. The first-order valence-corrected chi connectivity index (χ1v) is 8.19. The van der Waals surface area contributed by atoms with Crippen molar-refractivity contribution in [1.29, 1.82) is 0 Å². The van der Waals surface area contributed by atoms with Crippen molar-refractivity contribution in [3.05, 3.63) is 33.1 Å². The number of thiophene rings is 1. The number of likely N-dealkylation sites (tertiary alicyclic amines) is 1. The lowest BCUT2D eigenvalue weighted by molar-refractivity contribution is -0.134. The molecule has 1 aliphatic rings. The number of rotatable bonds is 3. The van der Waals surface area contributed by atoms with Gasteiger partial charge in [-0.1, -0.05) is 16.8 Å². The summed E-state index contributed by atoms with van der Waals surface area (Å²) in [7, 11) is 0. The van der Waals surface area contributed by atoms with Crippen molar-refractivity contribution in [3.63, 3.8) is 0 Å². The molecule has 0 aliphatic carbocycles. The maximum atomic E-state index is 12.8. The van der Waals surface area contributed by atoms with Crippen LogP contribution in [0.15, 0.2) is 16.7 Å². The van der Waals surface area contributed by atoms with Gasteiger partial charge in [-0.15, -0.1) is 11.3 Å². The number of hydrogen-bond acceptors (Lipinski definition) is 6. The summed E-state index contributed by atoms with van der Waals surface area (Å²) in [4.78, 5) is 19.5. The smallest absolute Gasteiger partial charge is 0.249 e. The van der Waals surface area contributed by atoms with Gasteiger partial charge < -0.3 is 14.5 Å². The normalized spacial score (nSPS) is 23.0. The molecule has 22 heavy (non-hydrogen) atoms. The number of halogens is 1. The number of aliphatic hydroxyl groups is 1. The van der Waals surface area contributed by atoms with Crippen molar-refractivity contribution < 1.29 is 14.4 Å². The van der Waals surface area contributed by atoms with Crippen LogP contribution in [-0.4, -0.2) is 38.7 Å². The van der Waals surface area contributed by atoms with Crippen molar-refractivity contribution in [2.75, 3.05) is 6.54 Å². The minimum absolute atomic E-state index is 0.0732. The Balaban J connectivity index is 1.83. The molecule has 118 valence electrons. The standard InChI is InChI=1S/C14H16ClN3O3S/c1-7(11-3-4-12(15)22-11)14(20)18-6-9(19)5-10(18)13-16-8(2)17-21-13/h3-4,7,9-10,19H,5-6H2,1-2H3/t7-,9+,10-/m1/s1.